The second kappa shape index (κ2) is 5.55. The fourth-order valence-electron chi connectivity index (χ4n) is 2.87. The smallest absolute Gasteiger partial charge is 0.333 e. The number of nitrogens with zero attached hydrogens (tertiary/aromatic N) is 4. The molecule has 0 aliphatic heterocycles. The highest BCUT2D eigenvalue weighted by molar-refractivity contribution is 9.10. The third kappa shape index (κ3) is 2.27. The zero-order valence-corrected chi connectivity index (χ0v) is 14.9. The molecule has 0 amide bonds. The molecule has 3 aromatic heterocycles. The van der Waals surface area contributed by atoms with E-state index in [1.165, 1.54) is 13.3 Å². The molecule has 0 unspecified atom stereocenters. The van der Waals surface area contributed by atoms with E-state index in [0.29, 0.717) is 32.3 Å². The lowest BCUT2D eigenvalue weighted by Gasteiger charge is -2.10. The summed E-state index contributed by atoms with van der Waals surface area (Å²) in [5, 5.41) is 5.23. The minimum absolute atomic E-state index is 0.332. The first kappa shape index (κ1) is 15.6. The maximum Gasteiger partial charge on any atom is 0.333 e. The largest absolute Gasteiger partial charge is 0.496 e. The van der Waals surface area contributed by atoms with Crippen molar-refractivity contribution in [2.24, 2.45) is 7.05 Å². The van der Waals surface area contributed by atoms with E-state index >= 15 is 0 Å². The molecule has 1 N–H and O–H groups in total. The van der Waals surface area contributed by atoms with E-state index in [-0.39, 0.29) is 0 Å². The average Bonchev–Trinajstić information content (AvgIpc) is 2.96. The molecule has 25 heavy (non-hydrogen) atoms. The fourth-order valence-corrected chi connectivity index (χ4v) is 3.37. The number of halogens is 1. The van der Waals surface area contributed by atoms with Gasteiger partial charge in [-0.15, -0.1) is 0 Å². The van der Waals surface area contributed by atoms with Crippen molar-refractivity contribution in [1.82, 2.24) is 24.3 Å². The first-order chi connectivity index (χ1) is 12.0. The lowest BCUT2D eigenvalue weighted by Crippen LogP contribution is -2.34. The van der Waals surface area contributed by atoms with Gasteiger partial charge in [0.2, 0.25) is 0 Å². The molecule has 4 aromatic rings. The Morgan fingerprint density at radius 1 is 1.20 bits per heavy atom. The lowest BCUT2D eigenvalue weighted by molar-refractivity contribution is 0.412. The Hall–Kier alpha value is -2.94. The first-order valence-electron chi connectivity index (χ1n) is 7.30. The van der Waals surface area contributed by atoms with Crippen LogP contribution < -0.4 is 16.0 Å². The van der Waals surface area contributed by atoms with Gasteiger partial charge in [-0.25, -0.2) is 9.36 Å². The Morgan fingerprint density at radius 3 is 2.76 bits per heavy atom. The highest BCUT2D eigenvalue weighted by Crippen LogP contribution is 2.28. The third-order valence-corrected chi connectivity index (χ3v) is 4.65. The van der Waals surface area contributed by atoms with Crippen molar-refractivity contribution in [3.8, 4) is 11.4 Å². The summed E-state index contributed by atoms with van der Waals surface area (Å²) in [7, 11) is 3.25. The predicted octanol–water partition coefficient (Wildman–Crippen LogP) is 1.73. The second-order valence-electron chi connectivity index (χ2n) is 5.47. The van der Waals surface area contributed by atoms with Crippen molar-refractivity contribution in [2.45, 2.75) is 0 Å². The van der Waals surface area contributed by atoms with Gasteiger partial charge in [-0.1, -0.05) is 0 Å². The summed E-state index contributed by atoms with van der Waals surface area (Å²) in [6.45, 7) is 0. The average molecular weight is 402 g/mol. The number of hydrogen-bond acceptors (Lipinski definition) is 5. The SMILES string of the molecule is COc1cc2c(=O)n(-c3cncc4cnn(C)c34)c(=O)[nH]c2cc1Br. The number of methoxy groups -OCH3 is 1. The number of benzene rings is 1. The summed E-state index contributed by atoms with van der Waals surface area (Å²) in [5.41, 5.74) is 0.424. The molecule has 3 heterocycles. The van der Waals surface area contributed by atoms with Crippen LogP contribution in [0.15, 0.2) is 44.8 Å². The minimum Gasteiger partial charge on any atom is -0.496 e. The van der Waals surface area contributed by atoms with Gasteiger partial charge in [-0.2, -0.15) is 5.10 Å². The number of aromatic nitrogens is 5. The number of aromatic amines is 1. The number of hydrogen-bond donors (Lipinski definition) is 1. The van der Waals surface area contributed by atoms with Crippen LogP contribution in [0.2, 0.25) is 0 Å². The Kier molecular flexibility index (Phi) is 3.46. The van der Waals surface area contributed by atoms with Crippen molar-refractivity contribution in [2.75, 3.05) is 7.11 Å². The molecule has 0 fully saturated rings. The molecular weight excluding hydrogens is 390 g/mol. The van der Waals surface area contributed by atoms with E-state index in [0.717, 1.165) is 9.95 Å². The zero-order chi connectivity index (χ0) is 17.7. The van der Waals surface area contributed by atoms with Crippen LogP contribution in [0.1, 0.15) is 0 Å². The van der Waals surface area contributed by atoms with Crippen LogP contribution in [-0.2, 0) is 7.05 Å². The summed E-state index contributed by atoms with van der Waals surface area (Å²) in [4.78, 5) is 32.5. The fraction of sp³-hybridized carbons (Fsp3) is 0.125. The van der Waals surface area contributed by atoms with E-state index in [9.17, 15) is 9.59 Å². The molecule has 0 atom stereocenters. The van der Waals surface area contributed by atoms with E-state index in [1.807, 2.05) is 0 Å². The van der Waals surface area contributed by atoms with Gasteiger partial charge in [0.15, 0.2) is 0 Å². The van der Waals surface area contributed by atoms with Crippen molar-refractivity contribution in [3.63, 3.8) is 0 Å². The summed E-state index contributed by atoms with van der Waals surface area (Å²) >= 11 is 3.35. The number of H-pyrrole nitrogens is 1. The summed E-state index contributed by atoms with van der Waals surface area (Å²) < 4.78 is 8.56. The molecule has 126 valence electrons. The lowest BCUT2D eigenvalue weighted by atomic mass is 10.2. The van der Waals surface area contributed by atoms with Gasteiger partial charge in [-0.05, 0) is 28.1 Å². The van der Waals surface area contributed by atoms with Crippen molar-refractivity contribution in [3.05, 3.63) is 56.0 Å². The molecule has 1 aromatic carbocycles. The van der Waals surface area contributed by atoms with Gasteiger partial charge in [0.25, 0.3) is 5.56 Å². The number of rotatable bonds is 2. The number of aryl methyl sites for hydroxylation is 1. The number of fused-ring (bicyclic) bond motifs is 2. The molecule has 0 aliphatic rings. The zero-order valence-electron chi connectivity index (χ0n) is 13.3. The van der Waals surface area contributed by atoms with E-state index < -0.39 is 11.2 Å². The van der Waals surface area contributed by atoms with Gasteiger partial charge in [-0.3, -0.25) is 14.5 Å². The molecule has 8 nitrogen and oxygen atoms in total. The first-order valence-corrected chi connectivity index (χ1v) is 8.09. The molecule has 9 heteroatoms. The molecule has 4 rings (SSSR count). The van der Waals surface area contributed by atoms with Crippen LogP contribution >= 0.6 is 15.9 Å². The van der Waals surface area contributed by atoms with E-state index in [4.69, 9.17) is 4.74 Å². The summed E-state index contributed by atoms with van der Waals surface area (Å²) in [6.07, 6.45) is 4.74. The van der Waals surface area contributed by atoms with E-state index in [2.05, 4.69) is 31.0 Å². The Labute approximate surface area is 148 Å². The predicted molar refractivity (Wildman–Crippen MR) is 96.5 cm³/mol. The maximum absolute atomic E-state index is 13.0. The minimum atomic E-state index is -0.551. The van der Waals surface area contributed by atoms with Crippen molar-refractivity contribution >= 4 is 37.7 Å². The quantitative estimate of drug-likeness (QED) is 0.551. The van der Waals surface area contributed by atoms with Gasteiger partial charge in [0.1, 0.15) is 5.75 Å². The van der Waals surface area contributed by atoms with Gasteiger partial charge in [0, 0.05) is 18.6 Å². The van der Waals surface area contributed by atoms with Crippen LogP contribution in [0.4, 0.5) is 0 Å². The van der Waals surface area contributed by atoms with Crippen LogP contribution in [0.5, 0.6) is 5.75 Å². The standard InChI is InChI=1S/C16H12BrN5O3/c1-21-14-8(6-19-21)5-18-7-12(14)22-15(23)9-3-13(25-2)10(17)4-11(9)20-16(22)24/h3-7H,1-2H3,(H,20,24). The van der Waals surface area contributed by atoms with Crippen LogP contribution in [0, 0.1) is 0 Å². The number of ether oxygens (including phenoxy) is 1. The molecule has 0 aliphatic carbocycles. The molecule has 0 bridgehead atoms. The normalized spacial score (nSPS) is 11.3. The third-order valence-electron chi connectivity index (χ3n) is 4.03. The van der Waals surface area contributed by atoms with Gasteiger partial charge >= 0.3 is 5.69 Å². The summed E-state index contributed by atoms with van der Waals surface area (Å²) in [5.74, 6) is 0.500. The molecule has 0 saturated carbocycles. The topological polar surface area (TPSA) is 94.8 Å². The Bertz CT molecular complexity index is 1250. The monoisotopic (exact) mass is 401 g/mol. The molecular formula is C16H12BrN5O3. The van der Waals surface area contributed by atoms with Crippen LogP contribution in [0.25, 0.3) is 27.5 Å². The second-order valence-corrected chi connectivity index (χ2v) is 6.32. The molecule has 0 radical (unpaired) electrons. The van der Waals surface area contributed by atoms with Crippen LogP contribution in [0.3, 0.4) is 0 Å². The summed E-state index contributed by atoms with van der Waals surface area (Å²) in [6, 6.07) is 3.23. The van der Waals surface area contributed by atoms with Crippen LogP contribution in [-0.4, -0.2) is 31.4 Å². The van der Waals surface area contributed by atoms with E-state index in [1.54, 1.807) is 36.3 Å². The van der Waals surface area contributed by atoms with Gasteiger partial charge in [0.05, 0.1) is 46.1 Å². The molecule has 0 saturated heterocycles. The number of nitrogens with one attached hydrogen (secondary N) is 1. The highest BCUT2D eigenvalue weighted by Gasteiger charge is 2.16. The number of pyridine rings is 1. The Morgan fingerprint density at radius 2 is 2.00 bits per heavy atom. The maximum atomic E-state index is 13.0. The van der Waals surface area contributed by atoms with Crippen molar-refractivity contribution < 1.29 is 4.74 Å². The highest BCUT2D eigenvalue weighted by atomic mass is 79.9. The van der Waals surface area contributed by atoms with Gasteiger partial charge < -0.3 is 9.72 Å². The van der Waals surface area contributed by atoms with Crippen molar-refractivity contribution in [1.29, 1.82) is 0 Å². The Balaban J connectivity index is 2.15. The molecule has 0 spiro atoms.